The highest BCUT2D eigenvalue weighted by molar-refractivity contribution is 7.86. The molecule has 0 radical (unpaired) electrons. The summed E-state index contributed by atoms with van der Waals surface area (Å²) >= 11 is 0. The Hall–Kier alpha value is -0.870. The van der Waals surface area contributed by atoms with Gasteiger partial charge in [-0.05, 0) is 0 Å². The minimum atomic E-state index is -6.09. The Morgan fingerprint density at radius 2 is 1.50 bits per heavy atom. The molecule has 0 fully saturated rings. The zero-order chi connectivity index (χ0) is 15.4. The lowest BCUT2D eigenvalue weighted by atomic mass is 10.6. The summed E-state index contributed by atoms with van der Waals surface area (Å²) in [5.41, 5.74) is -5.65. The maximum Gasteiger partial charge on any atom is 0.485 e. The lowest BCUT2D eigenvalue weighted by Gasteiger charge is -2.28. The van der Waals surface area contributed by atoms with Gasteiger partial charge in [-0.1, -0.05) is 0 Å². The van der Waals surface area contributed by atoms with Crippen LogP contribution in [0.4, 0.5) is 13.2 Å². The number of nitrogens with zero attached hydrogens (tertiary/aromatic N) is 3. The highest BCUT2D eigenvalue weighted by atomic mass is 32.2. The van der Waals surface area contributed by atoms with E-state index in [1.807, 2.05) is 26.0 Å². The maximum absolute atomic E-state index is 10.7. The Morgan fingerprint density at radius 1 is 1.22 bits per heavy atom. The molecule has 0 heterocycles. The molecule has 0 aromatic carbocycles. The molecule has 0 amide bonds. The molecule has 0 rings (SSSR count). The van der Waals surface area contributed by atoms with E-state index >= 15 is 0 Å². The zero-order valence-electron chi connectivity index (χ0n) is 11.1. The van der Waals surface area contributed by atoms with E-state index in [-0.39, 0.29) is 0 Å². The first-order valence-electron chi connectivity index (χ1n) is 4.63. The SMILES string of the molecule is CN=C(N(C)C)[N+](C)(C)C.O=S(=O)([O-])C(F)(F)F. The van der Waals surface area contributed by atoms with Crippen LogP contribution in [0.3, 0.4) is 0 Å². The van der Waals surface area contributed by atoms with Gasteiger partial charge in [0.15, 0.2) is 10.1 Å². The Bertz CT molecular complexity index is 383. The molecule has 0 atom stereocenters. The van der Waals surface area contributed by atoms with Crippen LogP contribution in [0.2, 0.25) is 0 Å². The summed E-state index contributed by atoms with van der Waals surface area (Å²) in [6.07, 6.45) is 0. The van der Waals surface area contributed by atoms with E-state index in [1.165, 1.54) is 0 Å². The van der Waals surface area contributed by atoms with Gasteiger partial charge in [0.2, 0.25) is 0 Å². The molecule has 0 saturated heterocycles. The molecule has 0 aliphatic heterocycles. The van der Waals surface area contributed by atoms with E-state index < -0.39 is 15.6 Å². The fraction of sp³-hybridized carbons (Fsp3) is 0.875. The highest BCUT2D eigenvalue weighted by Crippen LogP contribution is 2.20. The van der Waals surface area contributed by atoms with E-state index in [0.717, 1.165) is 10.4 Å². The largest absolute Gasteiger partial charge is 0.741 e. The summed E-state index contributed by atoms with van der Waals surface area (Å²) in [6.45, 7) is 0. The fourth-order valence-electron chi connectivity index (χ4n) is 1.10. The molecule has 0 N–H and O–H groups in total. The molecule has 0 aromatic rings. The van der Waals surface area contributed by atoms with Gasteiger partial charge in [0.05, 0.1) is 21.1 Å². The van der Waals surface area contributed by atoms with E-state index in [4.69, 9.17) is 13.0 Å². The third kappa shape index (κ3) is 7.45. The zero-order valence-corrected chi connectivity index (χ0v) is 11.9. The van der Waals surface area contributed by atoms with Crippen molar-refractivity contribution in [2.45, 2.75) is 5.51 Å². The first kappa shape index (κ1) is 19.5. The standard InChI is InChI=1S/C7H18N3.CHF3O3S/c1-8-7(9(2)3)10(4,5)6;2-1(3,4)8(5,6)7/h1-6H3;(H,5,6,7)/q+1;/p-1. The van der Waals surface area contributed by atoms with Crippen LogP contribution in [-0.4, -0.2) is 76.1 Å². The van der Waals surface area contributed by atoms with Crippen molar-refractivity contribution in [2.75, 3.05) is 42.3 Å². The van der Waals surface area contributed by atoms with Gasteiger partial charge in [-0.2, -0.15) is 13.2 Å². The summed E-state index contributed by atoms with van der Waals surface area (Å²) in [6, 6.07) is 0. The lowest BCUT2D eigenvalue weighted by molar-refractivity contribution is -0.782. The number of aliphatic imine (C=N–C) groups is 1. The first-order chi connectivity index (χ1) is 7.64. The topological polar surface area (TPSA) is 72.8 Å². The van der Waals surface area contributed by atoms with Crippen LogP contribution in [0, 0.1) is 0 Å². The van der Waals surface area contributed by atoms with Crippen LogP contribution < -0.4 is 0 Å². The highest BCUT2D eigenvalue weighted by Gasteiger charge is 2.36. The maximum atomic E-state index is 10.7. The molecule has 10 heteroatoms. The Kier molecular flexibility index (Phi) is 6.86. The van der Waals surface area contributed by atoms with Crippen LogP contribution in [-0.2, 0) is 10.1 Å². The molecule has 0 aromatic heterocycles. The van der Waals surface area contributed by atoms with Gasteiger partial charge < -0.3 is 9.45 Å². The minimum absolute atomic E-state index is 0.767. The number of hydrogen-bond acceptors (Lipinski definition) is 4. The van der Waals surface area contributed by atoms with Gasteiger partial charge in [0, 0.05) is 21.1 Å². The molecule has 0 saturated carbocycles. The number of rotatable bonds is 0. The monoisotopic (exact) mass is 293 g/mol. The summed E-state index contributed by atoms with van der Waals surface area (Å²) in [4.78, 5) is 6.20. The van der Waals surface area contributed by atoms with Gasteiger partial charge in [-0.15, -0.1) is 0 Å². The fourth-order valence-corrected chi connectivity index (χ4v) is 1.10. The molecule has 110 valence electrons. The van der Waals surface area contributed by atoms with E-state index in [1.54, 1.807) is 0 Å². The summed E-state index contributed by atoms with van der Waals surface area (Å²) in [7, 11) is 6.04. The molecule has 0 aliphatic carbocycles. The van der Waals surface area contributed by atoms with Crippen LogP contribution in [0.25, 0.3) is 0 Å². The smallest absolute Gasteiger partial charge is 0.485 e. The van der Waals surface area contributed by atoms with Crippen molar-refractivity contribution in [3.05, 3.63) is 0 Å². The van der Waals surface area contributed by atoms with Crippen molar-refractivity contribution in [3.63, 3.8) is 0 Å². The lowest BCUT2D eigenvalue weighted by Crippen LogP contribution is -2.48. The van der Waals surface area contributed by atoms with Crippen molar-refractivity contribution < 1.29 is 30.6 Å². The quantitative estimate of drug-likeness (QED) is 0.212. The van der Waals surface area contributed by atoms with Gasteiger partial charge in [0.1, 0.15) is 0 Å². The summed E-state index contributed by atoms with van der Waals surface area (Å²) in [5.74, 6) is 1.07. The number of guanidine groups is 1. The minimum Gasteiger partial charge on any atom is -0.741 e. The molecular weight excluding hydrogens is 275 g/mol. The summed E-state index contributed by atoms with van der Waals surface area (Å²) in [5, 5.41) is 0. The molecule has 6 nitrogen and oxygen atoms in total. The molecule has 18 heavy (non-hydrogen) atoms. The van der Waals surface area contributed by atoms with Crippen molar-refractivity contribution in [2.24, 2.45) is 4.99 Å². The van der Waals surface area contributed by atoms with Crippen molar-refractivity contribution in [1.29, 1.82) is 0 Å². The van der Waals surface area contributed by atoms with Gasteiger partial charge in [-0.25, -0.2) is 13.4 Å². The normalized spacial score (nSPS) is 13.8. The average molecular weight is 293 g/mol. The second-order valence-electron chi connectivity index (χ2n) is 4.33. The summed E-state index contributed by atoms with van der Waals surface area (Å²) < 4.78 is 59.7. The van der Waals surface area contributed by atoms with Gasteiger partial charge in [-0.3, -0.25) is 4.48 Å². The molecule has 0 aliphatic rings. The predicted molar refractivity (Wildman–Crippen MR) is 60.8 cm³/mol. The third-order valence-corrected chi connectivity index (χ3v) is 2.05. The van der Waals surface area contributed by atoms with E-state index in [0.29, 0.717) is 0 Å². The van der Waals surface area contributed by atoms with Crippen molar-refractivity contribution in [1.82, 2.24) is 4.90 Å². The van der Waals surface area contributed by atoms with E-state index in [9.17, 15) is 13.2 Å². The number of halogens is 3. The molecule has 0 unspecified atom stereocenters. The Balaban J connectivity index is 0. The number of alkyl halides is 3. The number of quaternary nitrogens is 1. The Morgan fingerprint density at radius 3 is 1.50 bits per heavy atom. The number of hydrogen-bond donors (Lipinski definition) is 0. The van der Waals surface area contributed by atoms with Gasteiger partial charge in [0.25, 0.3) is 5.96 Å². The molecule has 0 bridgehead atoms. The molecular formula is C8H18F3N3O3S. The van der Waals surface area contributed by atoms with Crippen molar-refractivity contribution in [3.8, 4) is 0 Å². The van der Waals surface area contributed by atoms with Crippen LogP contribution >= 0.6 is 0 Å². The molecule has 0 spiro atoms. The van der Waals surface area contributed by atoms with Gasteiger partial charge >= 0.3 is 5.51 Å². The second-order valence-corrected chi connectivity index (χ2v) is 5.70. The van der Waals surface area contributed by atoms with Crippen LogP contribution in [0.15, 0.2) is 4.99 Å². The van der Waals surface area contributed by atoms with E-state index in [2.05, 4.69) is 26.1 Å². The average Bonchev–Trinajstić information content (AvgIpc) is 1.97. The first-order valence-corrected chi connectivity index (χ1v) is 6.03. The second kappa shape index (κ2) is 6.34. The van der Waals surface area contributed by atoms with Crippen molar-refractivity contribution >= 4 is 16.1 Å². The third-order valence-electron chi connectivity index (χ3n) is 1.48. The van der Waals surface area contributed by atoms with Crippen LogP contribution in [0.5, 0.6) is 0 Å². The van der Waals surface area contributed by atoms with Crippen LogP contribution in [0.1, 0.15) is 0 Å². The Labute approximate surface area is 105 Å². The predicted octanol–water partition coefficient (Wildman–Crippen LogP) is 0.291.